The summed E-state index contributed by atoms with van der Waals surface area (Å²) >= 11 is 6.03. The smallest absolute Gasteiger partial charge is 0.269 e. The van der Waals surface area contributed by atoms with Crippen molar-refractivity contribution >= 4 is 17.5 Å². The van der Waals surface area contributed by atoms with E-state index >= 15 is 0 Å². The van der Waals surface area contributed by atoms with Crippen molar-refractivity contribution in [2.45, 2.75) is 26.8 Å². The number of amides is 1. The van der Waals surface area contributed by atoms with Gasteiger partial charge >= 0.3 is 0 Å². The minimum absolute atomic E-state index is 0.0643. The molecule has 2 N–H and O–H groups in total. The van der Waals surface area contributed by atoms with E-state index in [0.29, 0.717) is 28.8 Å². The van der Waals surface area contributed by atoms with Crippen molar-refractivity contribution in [2.24, 2.45) is 0 Å². The zero-order valence-electron chi connectivity index (χ0n) is 12.2. The Labute approximate surface area is 128 Å². The van der Waals surface area contributed by atoms with Gasteiger partial charge in [-0.15, -0.1) is 0 Å². The molecule has 1 amide bonds. The van der Waals surface area contributed by atoms with Gasteiger partial charge < -0.3 is 10.1 Å². The van der Waals surface area contributed by atoms with Crippen molar-refractivity contribution in [1.29, 1.82) is 0 Å². The summed E-state index contributed by atoms with van der Waals surface area (Å²) in [6.07, 6.45) is 0. The Kier molecular flexibility index (Phi) is 4.85. The maximum atomic E-state index is 11.9. The van der Waals surface area contributed by atoms with Crippen LogP contribution >= 0.6 is 11.6 Å². The molecule has 6 heteroatoms. The molecule has 0 aliphatic rings. The van der Waals surface area contributed by atoms with E-state index < -0.39 is 0 Å². The van der Waals surface area contributed by atoms with Crippen LogP contribution in [0.5, 0.6) is 5.75 Å². The molecule has 5 nitrogen and oxygen atoms in total. The molecule has 21 heavy (non-hydrogen) atoms. The molecular weight excluding hydrogens is 290 g/mol. The largest absolute Gasteiger partial charge is 0.493 e. The van der Waals surface area contributed by atoms with E-state index in [4.69, 9.17) is 16.3 Å². The maximum Gasteiger partial charge on any atom is 0.269 e. The van der Waals surface area contributed by atoms with Crippen LogP contribution in [0, 0.1) is 0 Å². The predicted molar refractivity (Wildman–Crippen MR) is 82.8 cm³/mol. The number of aromatic nitrogens is 2. The molecule has 1 heterocycles. The predicted octanol–water partition coefficient (Wildman–Crippen LogP) is 3.27. The Morgan fingerprint density at radius 1 is 1.43 bits per heavy atom. The summed E-state index contributed by atoms with van der Waals surface area (Å²) in [5.74, 6) is 0.493. The van der Waals surface area contributed by atoms with Gasteiger partial charge in [-0.2, -0.15) is 5.10 Å². The zero-order chi connectivity index (χ0) is 15.4. The molecule has 2 aromatic rings. The molecule has 0 atom stereocenters. The summed E-state index contributed by atoms with van der Waals surface area (Å²) in [7, 11) is 0. The Morgan fingerprint density at radius 3 is 2.86 bits per heavy atom. The molecular formula is C15H18ClN3O2. The number of H-pyrrole nitrogens is 1. The van der Waals surface area contributed by atoms with Crippen LogP contribution in [0.15, 0.2) is 24.3 Å². The monoisotopic (exact) mass is 307 g/mol. The van der Waals surface area contributed by atoms with Crippen LogP contribution in [0.25, 0.3) is 11.3 Å². The summed E-state index contributed by atoms with van der Waals surface area (Å²) in [5, 5.41) is 10.3. The topological polar surface area (TPSA) is 67.0 Å². The fourth-order valence-corrected chi connectivity index (χ4v) is 2.07. The number of carbonyl (C=O) groups is 1. The number of hydrogen-bond donors (Lipinski definition) is 2. The van der Waals surface area contributed by atoms with E-state index in [2.05, 4.69) is 15.5 Å². The molecule has 0 bridgehead atoms. The summed E-state index contributed by atoms with van der Waals surface area (Å²) < 4.78 is 5.57. The number of halogens is 1. The van der Waals surface area contributed by atoms with Gasteiger partial charge in [0.15, 0.2) is 0 Å². The van der Waals surface area contributed by atoms with Crippen LogP contribution in [0.4, 0.5) is 0 Å². The first-order valence-electron chi connectivity index (χ1n) is 6.80. The van der Waals surface area contributed by atoms with Crippen LogP contribution in [-0.4, -0.2) is 28.8 Å². The number of benzene rings is 1. The third-order valence-corrected chi connectivity index (χ3v) is 2.99. The first kappa shape index (κ1) is 15.4. The molecule has 1 aromatic carbocycles. The summed E-state index contributed by atoms with van der Waals surface area (Å²) in [5.41, 5.74) is 1.78. The number of hydrogen-bond acceptors (Lipinski definition) is 3. The van der Waals surface area contributed by atoms with Crippen LogP contribution in [-0.2, 0) is 0 Å². The second-order valence-electron chi connectivity index (χ2n) is 4.87. The molecule has 2 rings (SSSR count). The Hall–Kier alpha value is -2.01. The van der Waals surface area contributed by atoms with Crippen LogP contribution < -0.4 is 10.1 Å². The van der Waals surface area contributed by atoms with Crippen molar-refractivity contribution in [2.75, 3.05) is 6.61 Å². The summed E-state index contributed by atoms with van der Waals surface area (Å²) in [4.78, 5) is 11.9. The number of nitrogens with one attached hydrogen (secondary N) is 2. The number of rotatable bonds is 5. The van der Waals surface area contributed by atoms with E-state index in [1.165, 1.54) is 0 Å². The molecule has 0 saturated heterocycles. The highest BCUT2D eigenvalue weighted by Gasteiger charge is 2.15. The Balaban J connectivity index is 2.33. The van der Waals surface area contributed by atoms with Gasteiger partial charge in [-0.3, -0.25) is 9.89 Å². The van der Waals surface area contributed by atoms with E-state index in [-0.39, 0.29) is 11.9 Å². The van der Waals surface area contributed by atoms with Gasteiger partial charge in [0.1, 0.15) is 11.4 Å². The van der Waals surface area contributed by atoms with Crippen LogP contribution in [0.1, 0.15) is 31.3 Å². The van der Waals surface area contributed by atoms with Crippen molar-refractivity contribution in [1.82, 2.24) is 15.5 Å². The summed E-state index contributed by atoms with van der Waals surface area (Å²) in [6.45, 7) is 6.25. The average molecular weight is 308 g/mol. The van der Waals surface area contributed by atoms with E-state index in [9.17, 15) is 4.79 Å². The quantitative estimate of drug-likeness (QED) is 0.891. The molecule has 112 valence electrons. The zero-order valence-corrected chi connectivity index (χ0v) is 13.0. The first-order valence-corrected chi connectivity index (χ1v) is 7.18. The van der Waals surface area contributed by atoms with Crippen molar-refractivity contribution in [3.8, 4) is 17.0 Å². The molecule has 0 unspecified atom stereocenters. The molecule has 0 spiro atoms. The van der Waals surface area contributed by atoms with Gasteiger partial charge in [-0.1, -0.05) is 11.6 Å². The first-order chi connectivity index (χ1) is 10.0. The van der Waals surface area contributed by atoms with E-state index in [1.807, 2.05) is 20.8 Å². The highest BCUT2D eigenvalue weighted by atomic mass is 35.5. The fourth-order valence-electron chi connectivity index (χ4n) is 1.90. The molecule has 0 aliphatic heterocycles. The van der Waals surface area contributed by atoms with Crippen molar-refractivity contribution in [3.63, 3.8) is 0 Å². The van der Waals surface area contributed by atoms with E-state index in [1.54, 1.807) is 24.3 Å². The minimum Gasteiger partial charge on any atom is -0.493 e. The highest BCUT2D eigenvalue weighted by molar-refractivity contribution is 6.31. The molecule has 1 aromatic heterocycles. The van der Waals surface area contributed by atoms with Gasteiger partial charge in [0.05, 0.1) is 12.3 Å². The number of ether oxygens (including phenoxy) is 1. The van der Waals surface area contributed by atoms with Gasteiger partial charge in [-0.25, -0.2) is 0 Å². The lowest BCUT2D eigenvalue weighted by molar-refractivity contribution is 0.0938. The second-order valence-corrected chi connectivity index (χ2v) is 5.30. The lowest BCUT2D eigenvalue weighted by atomic mass is 10.1. The summed E-state index contributed by atoms with van der Waals surface area (Å²) in [6, 6.07) is 7.08. The number of aromatic amines is 1. The molecule has 0 radical (unpaired) electrons. The van der Waals surface area contributed by atoms with Gasteiger partial charge in [0.2, 0.25) is 0 Å². The van der Waals surface area contributed by atoms with Crippen molar-refractivity contribution < 1.29 is 9.53 Å². The lowest BCUT2D eigenvalue weighted by Gasteiger charge is -2.08. The average Bonchev–Trinajstić information content (AvgIpc) is 2.90. The lowest BCUT2D eigenvalue weighted by Crippen LogP contribution is -2.30. The normalized spacial score (nSPS) is 10.7. The Morgan fingerprint density at radius 2 is 2.19 bits per heavy atom. The third-order valence-electron chi connectivity index (χ3n) is 2.76. The standard InChI is InChI=1S/C15H18ClN3O2/c1-4-21-14-6-5-10(16)7-11(14)12-8-13(19-18-12)15(20)17-9(2)3/h5-9H,4H2,1-3H3,(H,17,20)(H,18,19). The van der Waals surface area contributed by atoms with Gasteiger partial charge in [0, 0.05) is 16.6 Å². The third kappa shape index (κ3) is 3.76. The Bertz CT molecular complexity index is 638. The van der Waals surface area contributed by atoms with Crippen molar-refractivity contribution in [3.05, 3.63) is 35.0 Å². The highest BCUT2D eigenvalue weighted by Crippen LogP contribution is 2.31. The van der Waals surface area contributed by atoms with Gasteiger partial charge in [0.25, 0.3) is 5.91 Å². The fraction of sp³-hybridized carbons (Fsp3) is 0.333. The number of nitrogens with zero attached hydrogens (tertiary/aromatic N) is 1. The van der Waals surface area contributed by atoms with Gasteiger partial charge in [-0.05, 0) is 45.0 Å². The minimum atomic E-state index is -0.191. The molecule has 0 aliphatic carbocycles. The SMILES string of the molecule is CCOc1ccc(Cl)cc1-c1cc(C(=O)NC(C)C)[nH]n1. The van der Waals surface area contributed by atoms with Crippen LogP contribution in [0.3, 0.4) is 0 Å². The maximum absolute atomic E-state index is 11.9. The van der Waals surface area contributed by atoms with Crippen LogP contribution in [0.2, 0.25) is 5.02 Å². The molecule has 0 fully saturated rings. The van der Waals surface area contributed by atoms with E-state index in [0.717, 1.165) is 5.56 Å². The second kappa shape index (κ2) is 6.63. The number of carbonyl (C=O) groups excluding carboxylic acids is 1. The molecule has 0 saturated carbocycles.